The number of aromatic nitrogens is 1. The van der Waals surface area contributed by atoms with E-state index >= 15 is 0 Å². The summed E-state index contributed by atoms with van der Waals surface area (Å²) in [7, 11) is 3.08. The molecular weight excluding hydrogens is 242 g/mol. The number of nitrogens with one attached hydrogen (secondary N) is 1. The molecule has 19 heavy (non-hydrogen) atoms. The number of carbonyl (C=O) groups is 1. The van der Waals surface area contributed by atoms with Gasteiger partial charge in [0.2, 0.25) is 0 Å². The second-order valence-electron chi connectivity index (χ2n) is 4.54. The fourth-order valence-corrected chi connectivity index (χ4v) is 2.34. The van der Waals surface area contributed by atoms with Crippen LogP contribution >= 0.6 is 0 Å². The number of methoxy groups -OCH3 is 2. The highest BCUT2D eigenvalue weighted by Gasteiger charge is 2.18. The Morgan fingerprint density at radius 2 is 2.16 bits per heavy atom. The van der Waals surface area contributed by atoms with Gasteiger partial charge in [-0.25, -0.2) is 0 Å². The first-order valence-corrected chi connectivity index (χ1v) is 6.41. The number of ether oxygens (including phenoxy) is 2. The summed E-state index contributed by atoms with van der Waals surface area (Å²) < 4.78 is 10.0. The number of rotatable bonds is 5. The summed E-state index contributed by atoms with van der Waals surface area (Å²) in [6.45, 7) is 2.08. The minimum absolute atomic E-state index is 0.160. The zero-order valence-corrected chi connectivity index (χ0v) is 11.5. The third-order valence-electron chi connectivity index (χ3n) is 3.49. The summed E-state index contributed by atoms with van der Waals surface area (Å²) in [6.07, 6.45) is 3.26. The average molecular weight is 261 g/mol. The van der Waals surface area contributed by atoms with Crippen molar-refractivity contribution in [2.75, 3.05) is 14.2 Å². The first-order valence-electron chi connectivity index (χ1n) is 6.41. The van der Waals surface area contributed by atoms with E-state index < -0.39 is 0 Å². The highest BCUT2D eigenvalue weighted by Crippen LogP contribution is 2.32. The van der Waals surface area contributed by atoms with Crippen LogP contribution in [0.1, 0.15) is 31.2 Å². The Balaban J connectivity index is 2.39. The molecule has 4 heteroatoms. The van der Waals surface area contributed by atoms with Gasteiger partial charge in [0.05, 0.1) is 20.6 Å². The van der Waals surface area contributed by atoms with Gasteiger partial charge in [0.25, 0.3) is 0 Å². The van der Waals surface area contributed by atoms with Gasteiger partial charge in [0, 0.05) is 17.1 Å². The highest BCUT2D eigenvalue weighted by molar-refractivity contribution is 5.86. The maximum Gasteiger partial charge on any atom is 0.306 e. The number of aromatic amines is 1. The number of H-pyrrole nitrogens is 1. The van der Waals surface area contributed by atoms with Gasteiger partial charge in [-0.1, -0.05) is 6.92 Å². The lowest BCUT2D eigenvalue weighted by molar-refractivity contribution is -0.141. The molecule has 1 aromatic carbocycles. The summed E-state index contributed by atoms with van der Waals surface area (Å²) in [5.41, 5.74) is 2.20. The van der Waals surface area contributed by atoms with E-state index in [4.69, 9.17) is 9.47 Å². The van der Waals surface area contributed by atoms with Crippen LogP contribution in [-0.4, -0.2) is 25.2 Å². The van der Waals surface area contributed by atoms with Crippen LogP contribution < -0.4 is 4.74 Å². The van der Waals surface area contributed by atoms with E-state index in [1.807, 2.05) is 24.4 Å². The molecule has 1 aromatic heterocycles. The van der Waals surface area contributed by atoms with Crippen molar-refractivity contribution in [2.24, 2.45) is 0 Å². The summed E-state index contributed by atoms with van der Waals surface area (Å²) in [5.74, 6) is 0.804. The number of benzene rings is 1. The molecule has 1 heterocycles. The van der Waals surface area contributed by atoms with Crippen molar-refractivity contribution >= 4 is 16.9 Å². The third kappa shape index (κ3) is 2.72. The number of carbonyl (C=O) groups excluding carboxylic acids is 1. The number of fused-ring (bicyclic) bond motifs is 1. The first kappa shape index (κ1) is 13.5. The predicted octanol–water partition coefficient (Wildman–Crippen LogP) is 3.23. The lowest BCUT2D eigenvalue weighted by atomic mass is 9.93. The fourth-order valence-electron chi connectivity index (χ4n) is 2.34. The standard InChI is InChI=1S/C15H19NO3/c1-4-10(7-15(17)19-3)13-9-16-14-6-5-11(18-2)8-12(13)14/h5-6,8-10,16H,4,7H2,1-3H3/t10-/m0/s1. The van der Waals surface area contributed by atoms with E-state index in [0.717, 1.165) is 28.6 Å². The summed E-state index contributed by atoms with van der Waals surface area (Å²) in [5, 5.41) is 1.11. The lowest BCUT2D eigenvalue weighted by Crippen LogP contribution is -2.07. The van der Waals surface area contributed by atoms with Crippen molar-refractivity contribution in [3.05, 3.63) is 30.0 Å². The average Bonchev–Trinajstić information content (AvgIpc) is 2.87. The van der Waals surface area contributed by atoms with Crippen LogP contribution in [-0.2, 0) is 9.53 Å². The zero-order valence-electron chi connectivity index (χ0n) is 11.5. The maximum absolute atomic E-state index is 11.5. The smallest absolute Gasteiger partial charge is 0.306 e. The van der Waals surface area contributed by atoms with Gasteiger partial charge in [-0.05, 0) is 36.1 Å². The molecule has 0 saturated carbocycles. The lowest BCUT2D eigenvalue weighted by Gasteiger charge is -2.13. The fraction of sp³-hybridized carbons (Fsp3) is 0.400. The third-order valence-corrected chi connectivity index (χ3v) is 3.49. The van der Waals surface area contributed by atoms with Crippen LogP contribution in [0.3, 0.4) is 0 Å². The Morgan fingerprint density at radius 1 is 1.37 bits per heavy atom. The van der Waals surface area contributed by atoms with Gasteiger partial charge in [-0.15, -0.1) is 0 Å². The largest absolute Gasteiger partial charge is 0.497 e. The Morgan fingerprint density at radius 3 is 2.79 bits per heavy atom. The molecule has 2 rings (SSSR count). The summed E-state index contributed by atoms with van der Waals surface area (Å²) in [4.78, 5) is 14.7. The SMILES string of the molecule is CC[C@@H](CC(=O)OC)c1c[nH]c2ccc(OC)cc12. The Kier molecular flexibility index (Phi) is 4.10. The van der Waals surface area contributed by atoms with Crippen molar-refractivity contribution in [1.82, 2.24) is 4.98 Å². The molecule has 1 atom stereocenters. The van der Waals surface area contributed by atoms with E-state index in [2.05, 4.69) is 11.9 Å². The molecule has 102 valence electrons. The first-order chi connectivity index (χ1) is 9.19. The van der Waals surface area contributed by atoms with E-state index in [-0.39, 0.29) is 11.9 Å². The molecule has 2 aromatic rings. The molecule has 0 aliphatic rings. The maximum atomic E-state index is 11.5. The van der Waals surface area contributed by atoms with E-state index in [9.17, 15) is 4.79 Å². The molecule has 0 aliphatic heterocycles. The summed E-state index contributed by atoms with van der Waals surface area (Å²) in [6, 6.07) is 5.91. The van der Waals surface area contributed by atoms with Crippen molar-refractivity contribution in [2.45, 2.75) is 25.7 Å². The Hall–Kier alpha value is -1.97. The van der Waals surface area contributed by atoms with E-state index in [1.54, 1.807) is 7.11 Å². The zero-order chi connectivity index (χ0) is 13.8. The highest BCUT2D eigenvalue weighted by atomic mass is 16.5. The topological polar surface area (TPSA) is 51.3 Å². The molecule has 0 unspecified atom stereocenters. The molecule has 1 N–H and O–H groups in total. The van der Waals surface area contributed by atoms with Crippen LogP contribution in [0.15, 0.2) is 24.4 Å². The molecule has 0 spiro atoms. The van der Waals surface area contributed by atoms with Gasteiger partial charge < -0.3 is 14.5 Å². The number of hydrogen-bond acceptors (Lipinski definition) is 3. The van der Waals surface area contributed by atoms with Gasteiger partial charge in [-0.3, -0.25) is 4.79 Å². The summed E-state index contributed by atoms with van der Waals surface area (Å²) >= 11 is 0. The van der Waals surface area contributed by atoms with Gasteiger partial charge in [0.15, 0.2) is 0 Å². The van der Waals surface area contributed by atoms with E-state index in [0.29, 0.717) is 6.42 Å². The van der Waals surface area contributed by atoms with Crippen LogP contribution in [0.4, 0.5) is 0 Å². The molecule has 0 radical (unpaired) electrons. The molecule has 0 aliphatic carbocycles. The Bertz CT molecular complexity index is 574. The minimum Gasteiger partial charge on any atom is -0.497 e. The van der Waals surface area contributed by atoms with Crippen molar-refractivity contribution < 1.29 is 14.3 Å². The normalized spacial score (nSPS) is 12.4. The minimum atomic E-state index is -0.177. The van der Waals surface area contributed by atoms with Crippen molar-refractivity contribution in [3.63, 3.8) is 0 Å². The Labute approximate surface area is 112 Å². The van der Waals surface area contributed by atoms with Crippen LogP contribution in [0.2, 0.25) is 0 Å². The predicted molar refractivity (Wildman–Crippen MR) is 74.5 cm³/mol. The van der Waals surface area contributed by atoms with Crippen LogP contribution in [0.5, 0.6) is 5.75 Å². The molecule has 0 amide bonds. The number of hydrogen-bond donors (Lipinski definition) is 1. The molecular formula is C15H19NO3. The second kappa shape index (κ2) is 5.78. The van der Waals surface area contributed by atoms with Crippen molar-refractivity contribution in [3.8, 4) is 5.75 Å². The van der Waals surface area contributed by atoms with Crippen molar-refractivity contribution in [1.29, 1.82) is 0 Å². The van der Waals surface area contributed by atoms with Crippen LogP contribution in [0.25, 0.3) is 10.9 Å². The second-order valence-corrected chi connectivity index (χ2v) is 4.54. The molecule has 4 nitrogen and oxygen atoms in total. The van der Waals surface area contributed by atoms with Gasteiger partial charge in [-0.2, -0.15) is 0 Å². The van der Waals surface area contributed by atoms with Gasteiger partial charge >= 0.3 is 5.97 Å². The van der Waals surface area contributed by atoms with Crippen LogP contribution in [0, 0.1) is 0 Å². The quantitative estimate of drug-likeness (QED) is 0.841. The van der Waals surface area contributed by atoms with E-state index in [1.165, 1.54) is 7.11 Å². The number of esters is 1. The van der Waals surface area contributed by atoms with Gasteiger partial charge in [0.1, 0.15) is 5.75 Å². The molecule has 0 fully saturated rings. The molecule has 0 bridgehead atoms. The monoisotopic (exact) mass is 261 g/mol. The molecule has 0 saturated heterocycles.